The molecule has 0 spiro atoms. The molecule has 0 N–H and O–H groups in total. The fraction of sp³-hybridized carbons (Fsp3) is 0.0625. The molecule has 0 aliphatic heterocycles. The molecular weight excluding hydrogens is 440 g/mol. The highest BCUT2D eigenvalue weighted by molar-refractivity contribution is 5.74. The summed E-state index contributed by atoms with van der Waals surface area (Å²) >= 11 is 0. The summed E-state index contributed by atoms with van der Waals surface area (Å²) in [5, 5.41) is 0. The van der Waals surface area contributed by atoms with Crippen molar-refractivity contribution in [2.45, 2.75) is 13.8 Å². The van der Waals surface area contributed by atoms with Crippen LogP contribution in [0.4, 0.5) is 0 Å². The van der Waals surface area contributed by atoms with Crippen molar-refractivity contribution in [1.82, 2.24) is 19.9 Å². The summed E-state index contributed by atoms with van der Waals surface area (Å²) in [6, 6.07) is 24.7. The van der Waals surface area contributed by atoms with Gasteiger partial charge in [0.1, 0.15) is 0 Å². The van der Waals surface area contributed by atoms with Gasteiger partial charge < -0.3 is 0 Å². The van der Waals surface area contributed by atoms with E-state index in [1.54, 1.807) is 0 Å². The molecular formula is C32H26N4. The molecule has 0 saturated carbocycles. The summed E-state index contributed by atoms with van der Waals surface area (Å²) in [5.41, 5.74) is 10.3. The van der Waals surface area contributed by atoms with E-state index in [0.717, 1.165) is 45.0 Å². The van der Waals surface area contributed by atoms with Crippen LogP contribution in [0.5, 0.6) is 0 Å². The largest absolute Gasteiger partial charge is 0.255 e. The molecule has 174 valence electrons. The predicted octanol–water partition coefficient (Wildman–Crippen LogP) is 7.56. The van der Waals surface area contributed by atoms with Gasteiger partial charge in [0.2, 0.25) is 0 Å². The third kappa shape index (κ3) is 5.86. The highest BCUT2D eigenvalue weighted by Gasteiger charge is 2.03. The first-order chi connectivity index (χ1) is 17.6. The Morgan fingerprint density at radius 1 is 0.389 bits per heavy atom. The van der Waals surface area contributed by atoms with Crippen LogP contribution in [0.25, 0.3) is 47.1 Å². The van der Waals surface area contributed by atoms with Gasteiger partial charge in [0, 0.05) is 24.8 Å². The molecule has 4 heteroatoms. The standard InChI is InChI=1S/C32H26N4/c1-23-11-15-33-29(19-23)31-21-27(13-17-35-31)9-7-25-3-5-26(6-4-25)8-10-28-14-18-36-32(22-28)30-20-24(2)12-16-34-30/h3-22H,1-2H3/b9-7+,10-8+. The molecule has 5 rings (SSSR count). The van der Waals surface area contributed by atoms with Crippen LogP contribution in [0, 0.1) is 13.8 Å². The van der Waals surface area contributed by atoms with E-state index in [4.69, 9.17) is 0 Å². The number of hydrogen-bond acceptors (Lipinski definition) is 4. The van der Waals surface area contributed by atoms with E-state index in [-0.39, 0.29) is 0 Å². The zero-order valence-corrected chi connectivity index (χ0v) is 20.3. The summed E-state index contributed by atoms with van der Waals surface area (Å²) in [6.07, 6.45) is 15.7. The van der Waals surface area contributed by atoms with Crippen LogP contribution in [0.1, 0.15) is 33.4 Å². The molecule has 0 radical (unpaired) electrons. The second kappa shape index (κ2) is 10.7. The summed E-state index contributed by atoms with van der Waals surface area (Å²) in [5.74, 6) is 0. The monoisotopic (exact) mass is 466 g/mol. The van der Waals surface area contributed by atoms with E-state index in [1.807, 2.05) is 61.2 Å². The van der Waals surface area contributed by atoms with Crippen molar-refractivity contribution in [2.75, 3.05) is 0 Å². The Morgan fingerprint density at radius 3 is 1.11 bits per heavy atom. The lowest BCUT2D eigenvalue weighted by atomic mass is 10.1. The zero-order valence-electron chi connectivity index (χ0n) is 20.3. The minimum absolute atomic E-state index is 0.874. The Balaban J connectivity index is 1.27. The first kappa shape index (κ1) is 23.1. The highest BCUT2D eigenvalue weighted by atomic mass is 14.8. The van der Waals surface area contributed by atoms with Crippen LogP contribution < -0.4 is 0 Å². The summed E-state index contributed by atoms with van der Waals surface area (Å²) in [7, 11) is 0. The third-order valence-corrected chi connectivity index (χ3v) is 5.80. The lowest BCUT2D eigenvalue weighted by molar-refractivity contribution is 1.23. The first-order valence-corrected chi connectivity index (χ1v) is 11.9. The van der Waals surface area contributed by atoms with E-state index >= 15 is 0 Å². The number of nitrogens with zero attached hydrogens (tertiary/aromatic N) is 4. The Morgan fingerprint density at radius 2 is 0.722 bits per heavy atom. The van der Waals surface area contributed by atoms with Crippen LogP contribution >= 0.6 is 0 Å². The molecule has 0 fully saturated rings. The molecule has 0 saturated heterocycles. The van der Waals surface area contributed by atoms with Gasteiger partial charge in [0.25, 0.3) is 0 Å². The molecule has 4 heterocycles. The Labute approximate surface area is 211 Å². The van der Waals surface area contributed by atoms with E-state index in [1.165, 1.54) is 11.1 Å². The Kier molecular flexibility index (Phi) is 6.86. The van der Waals surface area contributed by atoms with E-state index in [9.17, 15) is 0 Å². The van der Waals surface area contributed by atoms with Gasteiger partial charge in [-0.1, -0.05) is 48.6 Å². The molecule has 1 aromatic carbocycles. The first-order valence-electron chi connectivity index (χ1n) is 11.9. The molecule has 0 amide bonds. The van der Waals surface area contributed by atoms with Crippen LogP contribution in [-0.2, 0) is 0 Å². The number of rotatable bonds is 6. The SMILES string of the molecule is Cc1ccnc(-c2cc(/C=C/c3ccc(/C=C/c4ccnc(-c5cc(C)ccn5)c4)cc3)ccn2)c1. The smallest absolute Gasteiger partial charge is 0.0892 e. The van der Waals surface area contributed by atoms with Gasteiger partial charge in [-0.3, -0.25) is 19.9 Å². The molecule has 0 aliphatic rings. The summed E-state index contributed by atoms with van der Waals surface area (Å²) in [4.78, 5) is 17.8. The van der Waals surface area contributed by atoms with Crippen molar-refractivity contribution in [2.24, 2.45) is 0 Å². The van der Waals surface area contributed by atoms with Crippen LogP contribution in [0.2, 0.25) is 0 Å². The fourth-order valence-corrected chi connectivity index (χ4v) is 3.84. The van der Waals surface area contributed by atoms with Crippen molar-refractivity contribution in [3.8, 4) is 22.8 Å². The molecule has 5 aromatic rings. The van der Waals surface area contributed by atoms with E-state index in [0.29, 0.717) is 0 Å². The summed E-state index contributed by atoms with van der Waals surface area (Å²) < 4.78 is 0. The number of aromatic nitrogens is 4. The second-order valence-electron chi connectivity index (χ2n) is 8.72. The summed E-state index contributed by atoms with van der Waals surface area (Å²) in [6.45, 7) is 4.12. The predicted molar refractivity (Wildman–Crippen MR) is 149 cm³/mol. The number of pyridine rings is 4. The maximum absolute atomic E-state index is 4.48. The van der Waals surface area contributed by atoms with E-state index < -0.39 is 0 Å². The van der Waals surface area contributed by atoms with Gasteiger partial charge in [-0.05, 0) is 95.8 Å². The maximum Gasteiger partial charge on any atom is 0.0892 e. The minimum Gasteiger partial charge on any atom is -0.255 e. The van der Waals surface area contributed by atoms with Gasteiger partial charge in [-0.15, -0.1) is 0 Å². The molecule has 0 aliphatic carbocycles. The van der Waals surface area contributed by atoms with Gasteiger partial charge in [-0.25, -0.2) is 0 Å². The molecule has 0 bridgehead atoms. The zero-order chi connectivity index (χ0) is 24.7. The number of aryl methyl sites for hydroxylation is 2. The van der Waals surface area contributed by atoms with Gasteiger partial charge in [0.15, 0.2) is 0 Å². The van der Waals surface area contributed by atoms with Crippen molar-refractivity contribution in [3.05, 3.63) is 131 Å². The van der Waals surface area contributed by atoms with Gasteiger partial charge in [-0.2, -0.15) is 0 Å². The number of hydrogen-bond donors (Lipinski definition) is 0. The third-order valence-electron chi connectivity index (χ3n) is 5.80. The van der Waals surface area contributed by atoms with Crippen LogP contribution in [-0.4, -0.2) is 19.9 Å². The quantitative estimate of drug-likeness (QED) is 0.259. The van der Waals surface area contributed by atoms with Gasteiger partial charge in [0.05, 0.1) is 22.8 Å². The van der Waals surface area contributed by atoms with Crippen LogP contribution in [0.3, 0.4) is 0 Å². The van der Waals surface area contributed by atoms with Gasteiger partial charge >= 0.3 is 0 Å². The molecule has 4 nitrogen and oxygen atoms in total. The topological polar surface area (TPSA) is 51.6 Å². The van der Waals surface area contributed by atoms with Crippen molar-refractivity contribution < 1.29 is 0 Å². The fourth-order valence-electron chi connectivity index (χ4n) is 3.84. The average Bonchev–Trinajstić information content (AvgIpc) is 2.92. The molecule has 36 heavy (non-hydrogen) atoms. The van der Waals surface area contributed by atoms with Crippen molar-refractivity contribution in [1.29, 1.82) is 0 Å². The lowest BCUT2D eigenvalue weighted by Crippen LogP contribution is -1.88. The Bertz CT molecular complexity index is 1430. The Hall–Kier alpha value is -4.70. The van der Waals surface area contributed by atoms with Crippen molar-refractivity contribution >= 4 is 24.3 Å². The van der Waals surface area contributed by atoms with Crippen molar-refractivity contribution in [3.63, 3.8) is 0 Å². The van der Waals surface area contributed by atoms with Crippen LogP contribution in [0.15, 0.2) is 97.6 Å². The minimum atomic E-state index is 0.874. The number of benzene rings is 1. The van der Waals surface area contributed by atoms with E-state index in [2.05, 4.69) is 94.5 Å². The maximum atomic E-state index is 4.48. The lowest BCUT2D eigenvalue weighted by Gasteiger charge is -2.03. The average molecular weight is 467 g/mol. The highest BCUT2D eigenvalue weighted by Crippen LogP contribution is 2.20. The molecule has 4 aromatic heterocycles. The molecule has 0 unspecified atom stereocenters. The molecule has 0 atom stereocenters. The normalized spacial score (nSPS) is 11.4. The second-order valence-corrected chi connectivity index (χ2v) is 8.72.